The number of rotatable bonds is 4. The quantitative estimate of drug-likeness (QED) is 0.159. The van der Waals surface area contributed by atoms with Crippen LogP contribution < -0.4 is 4.90 Å². The second-order valence-electron chi connectivity index (χ2n) is 7.50. The average molecular weight is 444 g/mol. The number of benzene rings is 2. The molecule has 0 bridgehead atoms. The van der Waals surface area contributed by atoms with E-state index in [1.54, 1.807) is 43.3 Å². The Bertz CT molecular complexity index is 1430. The van der Waals surface area contributed by atoms with E-state index in [9.17, 15) is 24.8 Å². The van der Waals surface area contributed by atoms with Gasteiger partial charge in [0.25, 0.3) is 11.5 Å². The number of nitrogens with one attached hydrogen (secondary N) is 1. The van der Waals surface area contributed by atoms with Crippen LogP contribution in [0.3, 0.4) is 0 Å². The zero-order valence-electron chi connectivity index (χ0n) is 17.2. The molecule has 10 nitrogen and oxygen atoms in total. The lowest BCUT2D eigenvalue weighted by Gasteiger charge is -2.20. The van der Waals surface area contributed by atoms with Gasteiger partial charge in [0, 0.05) is 17.7 Å². The number of aromatic amines is 1. The first-order valence-corrected chi connectivity index (χ1v) is 9.92. The number of hydrogen-bond acceptors (Lipinski definition) is 7. The molecule has 164 valence electrons. The smallest absolute Gasteiger partial charge is 0.302 e. The number of imidazole rings is 1. The highest BCUT2D eigenvalue weighted by molar-refractivity contribution is 6.51. The van der Waals surface area contributed by atoms with Crippen LogP contribution in [0.25, 0.3) is 16.8 Å². The Labute approximate surface area is 185 Å². The average Bonchev–Trinajstić information content (AvgIpc) is 3.49. The molecular formula is C23H16N4O6. The van der Waals surface area contributed by atoms with Crippen molar-refractivity contribution in [2.24, 2.45) is 0 Å². The monoisotopic (exact) mass is 444 g/mol. The van der Waals surface area contributed by atoms with Gasteiger partial charge in [0.1, 0.15) is 23.3 Å². The van der Waals surface area contributed by atoms with Crippen LogP contribution >= 0.6 is 0 Å². The molecule has 3 heterocycles. The van der Waals surface area contributed by atoms with Gasteiger partial charge in [0.2, 0.25) is 5.95 Å². The number of aliphatic hydroxyl groups is 1. The van der Waals surface area contributed by atoms with Crippen molar-refractivity contribution in [3.8, 4) is 0 Å². The molecule has 1 aliphatic heterocycles. The van der Waals surface area contributed by atoms with Crippen LogP contribution in [0.4, 0.5) is 11.6 Å². The molecule has 10 heteroatoms. The van der Waals surface area contributed by atoms with Crippen molar-refractivity contribution in [1.29, 1.82) is 0 Å². The van der Waals surface area contributed by atoms with Crippen molar-refractivity contribution in [1.82, 2.24) is 9.97 Å². The Morgan fingerprint density at radius 2 is 1.85 bits per heavy atom. The van der Waals surface area contributed by atoms with Crippen LogP contribution in [-0.4, -0.2) is 31.7 Å². The Balaban J connectivity index is 1.69. The molecule has 33 heavy (non-hydrogen) atoms. The summed E-state index contributed by atoms with van der Waals surface area (Å²) >= 11 is 0. The van der Waals surface area contributed by atoms with Gasteiger partial charge in [-0.3, -0.25) is 24.6 Å². The predicted molar refractivity (Wildman–Crippen MR) is 117 cm³/mol. The van der Waals surface area contributed by atoms with Gasteiger partial charge in [-0.25, -0.2) is 4.98 Å². The number of Topliss-reactive ketones (excluding diaryl/α,β-unsaturated/α-hetero) is 1. The molecule has 2 aromatic carbocycles. The number of carbonyl (C=O) groups is 2. The molecule has 0 saturated carbocycles. The number of aromatic nitrogens is 2. The molecule has 1 fully saturated rings. The van der Waals surface area contributed by atoms with E-state index in [4.69, 9.17) is 4.42 Å². The number of para-hydroxylation sites is 2. The molecule has 1 amide bonds. The van der Waals surface area contributed by atoms with Gasteiger partial charge in [0.05, 0.1) is 21.5 Å². The van der Waals surface area contributed by atoms with Gasteiger partial charge in [-0.1, -0.05) is 12.1 Å². The van der Waals surface area contributed by atoms with Crippen molar-refractivity contribution in [3.63, 3.8) is 0 Å². The van der Waals surface area contributed by atoms with E-state index in [-0.39, 0.29) is 28.5 Å². The number of non-ortho nitro benzene ring substituents is 1. The summed E-state index contributed by atoms with van der Waals surface area (Å²) in [7, 11) is 0. The van der Waals surface area contributed by atoms with Crippen molar-refractivity contribution >= 4 is 40.1 Å². The number of furan rings is 1. The van der Waals surface area contributed by atoms with Gasteiger partial charge in [-0.2, -0.15) is 0 Å². The topological polar surface area (TPSA) is 143 Å². The molecule has 0 spiro atoms. The number of nitro groups is 1. The van der Waals surface area contributed by atoms with Crippen molar-refractivity contribution in [2.75, 3.05) is 4.90 Å². The van der Waals surface area contributed by atoms with E-state index in [0.717, 1.165) is 4.90 Å². The third-order valence-corrected chi connectivity index (χ3v) is 5.43. The Morgan fingerprint density at radius 1 is 1.12 bits per heavy atom. The zero-order valence-corrected chi connectivity index (χ0v) is 17.2. The second kappa shape index (κ2) is 7.45. The molecule has 4 aromatic rings. The summed E-state index contributed by atoms with van der Waals surface area (Å²) in [6.07, 6.45) is 0. The summed E-state index contributed by atoms with van der Waals surface area (Å²) in [5, 5.41) is 22.0. The van der Waals surface area contributed by atoms with Crippen molar-refractivity contribution in [2.45, 2.75) is 13.0 Å². The number of amides is 1. The van der Waals surface area contributed by atoms with Gasteiger partial charge in [0.15, 0.2) is 0 Å². The van der Waals surface area contributed by atoms with Crippen LogP contribution in [-0.2, 0) is 9.59 Å². The fourth-order valence-electron chi connectivity index (χ4n) is 3.87. The SMILES string of the molecule is Cc1ccc(C2/C(=C(\O)c3ccc([N+](=O)[O-])cc3)C(=O)C(=O)N2c2nc3ccccc3[nH]2)o1. The maximum atomic E-state index is 13.1. The number of nitrogens with zero attached hydrogens (tertiary/aromatic N) is 3. The summed E-state index contributed by atoms with van der Waals surface area (Å²) in [5.74, 6) is -1.35. The first-order valence-electron chi connectivity index (χ1n) is 9.92. The molecule has 1 saturated heterocycles. The zero-order chi connectivity index (χ0) is 23.3. The normalized spacial score (nSPS) is 17.7. The molecule has 0 aliphatic carbocycles. The molecule has 2 aromatic heterocycles. The summed E-state index contributed by atoms with van der Waals surface area (Å²) in [4.78, 5) is 45.2. The third kappa shape index (κ3) is 3.24. The van der Waals surface area contributed by atoms with Crippen LogP contribution in [0.5, 0.6) is 0 Å². The number of hydrogen-bond donors (Lipinski definition) is 2. The van der Waals surface area contributed by atoms with Crippen LogP contribution in [0.2, 0.25) is 0 Å². The van der Waals surface area contributed by atoms with Crippen LogP contribution in [0.15, 0.2) is 70.7 Å². The van der Waals surface area contributed by atoms with E-state index >= 15 is 0 Å². The lowest BCUT2D eigenvalue weighted by atomic mass is 9.99. The number of aryl methyl sites for hydroxylation is 1. The van der Waals surface area contributed by atoms with Crippen molar-refractivity contribution in [3.05, 3.63) is 93.4 Å². The third-order valence-electron chi connectivity index (χ3n) is 5.43. The van der Waals surface area contributed by atoms with Crippen LogP contribution in [0.1, 0.15) is 23.1 Å². The maximum Gasteiger partial charge on any atom is 0.302 e. The Hall–Kier alpha value is -4.73. The fourth-order valence-corrected chi connectivity index (χ4v) is 3.87. The van der Waals surface area contributed by atoms with E-state index in [1.165, 1.54) is 24.3 Å². The molecule has 0 radical (unpaired) electrons. The van der Waals surface area contributed by atoms with E-state index < -0.39 is 28.4 Å². The van der Waals surface area contributed by atoms with Crippen LogP contribution in [0, 0.1) is 17.0 Å². The lowest BCUT2D eigenvalue weighted by Crippen LogP contribution is -2.30. The largest absolute Gasteiger partial charge is 0.507 e. The molecular weight excluding hydrogens is 428 g/mol. The van der Waals surface area contributed by atoms with Gasteiger partial charge < -0.3 is 14.5 Å². The summed E-state index contributed by atoms with van der Waals surface area (Å²) in [6, 6.07) is 14.4. The molecule has 5 rings (SSSR count). The van der Waals surface area contributed by atoms with E-state index in [2.05, 4.69) is 9.97 Å². The Morgan fingerprint density at radius 3 is 2.48 bits per heavy atom. The molecule has 1 atom stereocenters. The van der Waals surface area contributed by atoms with Gasteiger partial charge in [-0.15, -0.1) is 0 Å². The van der Waals surface area contributed by atoms with Crippen molar-refractivity contribution < 1.29 is 24.0 Å². The second-order valence-corrected chi connectivity index (χ2v) is 7.50. The number of aliphatic hydroxyl groups excluding tert-OH is 1. The standard InChI is InChI=1S/C23H16N4O6/c1-12-6-11-17(33-12)19-18(20(28)13-7-9-14(10-8-13)27(31)32)21(29)22(30)26(19)23-24-15-4-2-3-5-16(15)25-23/h2-11,19,28H,1H3,(H,24,25)/b20-18+. The number of H-pyrrole nitrogens is 1. The highest BCUT2D eigenvalue weighted by atomic mass is 16.6. The molecule has 2 N–H and O–H groups in total. The predicted octanol–water partition coefficient (Wildman–Crippen LogP) is 4.00. The number of anilines is 1. The summed E-state index contributed by atoms with van der Waals surface area (Å²) < 4.78 is 5.73. The van der Waals surface area contributed by atoms with Gasteiger partial charge >= 0.3 is 5.91 Å². The van der Waals surface area contributed by atoms with E-state index in [0.29, 0.717) is 16.8 Å². The summed E-state index contributed by atoms with van der Waals surface area (Å²) in [6.45, 7) is 1.72. The van der Waals surface area contributed by atoms with Gasteiger partial charge in [-0.05, 0) is 43.3 Å². The maximum absolute atomic E-state index is 13.1. The minimum Gasteiger partial charge on any atom is -0.507 e. The minimum atomic E-state index is -1.09. The highest BCUT2D eigenvalue weighted by Gasteiger charge is 2.49. The number of nitro benzene ring substituents is 1. The fraction of sp³-hybridized carbons (Fsp3) is 0.0870. The van der Waals surface area contributed by atoms with E-state index in [1.807, 2.05) is 0 Å². The minimum absolute atomic E-state index is 0.125. The number of carbonyl (C=O) groups excluding carboxylic acids is 2. The highest BCUT2D eigenvalue weighted by Crippen LogP contribution is 2.42. The molecule has 1 aliphatic rings. The lowest BCUT2D eigenvalue weighted by molar-refractivity contribution is -0.384. The Kier molecular flexibility index (Phi) is 4.56. The number of fused-ring (bicyclic) bond motifs is 1. The first-order chi connectivity index (χ1) is 15.8. The summed E-state index contributed by atoms with van der Waals surface area (Å²) in [5.41, 5.74) is 1.03. The molecule has 1 unspecified atom stereocenters. The number of ketones is 1. The first kappa shape index (κ1) is 20.2.